The molecule has 3 aromatic rings. The molecule has 4 rings (SSSR count). The van der Waals surface area contributed by atoms with Gasteiger partial charge in [0.25, 0.3) is 0 Å². The highest BCUT2D eigenvalue weighted by molar-refractivity contribution is 9.10. The SMILES string of the molecule is COc1ccc(OC)c(CN2CCN(Cc3nc(-c4cccc(Br)c4)no3)CC2)c1. The Kier molecular flexibility index (Phi) is 6.66. The molecular weight excluding hydrogens is 448 g/mol. The zero-order valence-electron chi connectivity index (χ0n) is 17.2. The molecule has 0 spiro atoms. The number of ether oxygens (including phenoxy) is 2. The van der Waals surface area contributed by atoms with Gasteiger partial charge in [-0.3, -0.25) is 9.80 Å². The molecule has 0 unspecified atom stereocenters. The van der Waals surface area contributed by atoms with Gasteiger partial charge in [0.2, 0.25) is 11.7 Å². The second-order valence-corrected chi connectivity index (χ2v) is 8.17. The maximum Gasteiger partial charge on any atom is 0.241 e. The first-order valence-corrected chi connectivity index (χ1v) is 10.7. The second kappa shape index (κ2) is 9.59. The first kappa shape index (κ1) is 20.8. The Morgan fingerprint density at radius 2 is 1.73 bits per heavy atom. The van der Waals surface area contributed by atoms with Gasteiger partial charge in [-0.15, -0.1) is 0 Å². The van der Waals surface area contributed by atoms with Crippen molar-refractivity contribution in [2.45, 2.75) is 13.1 Å². The Balaban J connectivity index is 1.32. The van der Waals surface area contributed by atoms with Crippen LogP contribution < -0.4 is 9.47 Å². The molecule has 0 N–H and O–H groups in total. The zero-order valence-corrected chi connectivity index (χ0v) is 18.8. The lowest BCUT2D eigenvalue weighted by Crippen LogP contribution is -2.45. The van der Waals surface area contributed by atoms with Crippen molar-refractivity contribution in [1.82, 2.24) is 19.9 Å². The molecule has 1 saturated heterocycles. The van der Waals surface area contributed by atoms with E-state index < -0.39 is 0 Å². The van der Waals surface area contributed by atoms with E-state index in [0.717, 1.165) is 59.8 Å². The van der Waals surface area contributed by atoms with Gasteiger partial charge in [0.15, 0.2) is 0 Å². The van der Waals surface area contributed by atoms with E-state index in [-0.39, 0.29) is 0 Å². The highest BCUT2D eigenvalue weighted by Crippen LogP contribution is 2.26. The molecule has 1 aromatic heterocycles. The average molecular weight is 473 g/mol. The summed E-state index contributed by atoms with van der Waals surface area (Å²) in [6.07, 6.45) is 0. The lowest BCUT2D eigenvalue weighted by atomic mass is 10.1. The minimum Gasteiger partial charge on any atom is -0.497 e. The minimum atomic E-state index is 0.620. The molecule has 8 heteroatoms. The van der Waals surface area contributed by atoms with Gasteiger partial charge in [0, 0.05) is 48.3 Å². The number of piperazine rings is 1. The topological polar surface area (TPSA) is 63.9 Å². The summed E-state index contributed by atoms with van der Waals surface area (Å²) in [6.45, 7) is 5.32. The molecule has 2 aromatic carbocycles. The normalized spacial score (nSPS) is 15.3. The predicted molar refractivity (Wildman–Crippen MR) is 118 cm³/mol. The molecule has 0 amide bonds. The minimum absolute atomic E-state index is 0.620. The van der Waals surface area contributed by atoms with Crippen LogP contribution in [-0.4, -0.2) is 60.3 Å². The summed E-state index contributed by atoms with van der Waals surface area (Å²) >= 11 is 3.48. The number of halogens is 1. The van der Waals surface area contributed by atoms with E-state index >= 15 is 0 Å². The molecule has 30 heavy (non-hydrogen) atoms. The molecule has 1 aliphatic rings. The fourth-order valence-corrected chi connectivity index (χ4v) is 4.01. The number of hydrogen-bond donors (Lipinski definition) is 0. The first-order valence-electron chi connectivity index (χ1n) is 9.89. The molecule has 2 heterocycles. The van der Waals surface area contributed by atoms with Crippen LogP contribution in [0.4, 0.5) is 0 Å². The van der Waals surface area contributed by atoms with Crippen LogP contribution in [-0.2, 0) is 13.1 Å². The monoisotopic (exact) mass is 472 g/mol. The molecule has 7 nitrogen and oxygen atoms in total. The van der Waals surface area contributed by atoms with E-state index in [1.54, 1.807) is 14.2 Å². The van der Waals surface area contributed by atoms with Crippen molar-refractivity contribution in [3.8, 4) is 22.9 Å². The quantitative estimate of drug-likeness (QED) is 0.517. The summed E-state index contributed by atoms with van der Waals surface area (Å²) < 4.78 is 17.3. The highest BCUT2D eigenvalue weighted by Gasteiger charge is 2.21. The van der Waals surface area contributed by atoms with Crippen molar-refractivity contribution >= 4 is 15.9 Å². The van der Waals surface area contributed by atoms with Crippen molar-refractivity contribution < 1.29 is 14.0 Å². The van der Waals surface area contributed by atoms with Crippen LogP contribution in [0.1, 0.15) is 11.5 Å². The second-order valence-electron chi connectivity index (χ2n) is 7.25. The zero-order chi connectivity index (χ0) is 20.9. The van der Waals surface area contributed by atoms with Gasteiger partial charge in [0.05, 0.1) is 20.8 Å². The third-order valence-corrected chi connectivity index (χ3v) is 5.75. The summed E-state index contributed by atoms with van der Waals surface area (Å²) in [4.78, 5) is 9.33. The lowest BCUT2D eigenvalue weighted by molar-refractivity contribution is 0.111. The van der Waals surface area contributed by atoms with Gasteiger partial charge in [-0.05, 0) is 30.3 Å². The molecule has 1 aliphatic heterocycles. The summed E-state index contributed by atoms with van der Waals surface area (Å²) in [6, 6.07) is 13.8. The number of benzene rings is 2. The van der Waals surface area contributed by atoms with Crippen LogP contribution in [0.2, 0.25) is 0 Å². The number of methoxy groups -OCH3 is 2. The van der Waals surface area contributed by atoms with Gasteiger partial charge in [0.1, 0.15) is 11.5 Å². The van der Waals surface area contributed by atoms with Gasteiger partial charge in [-0.1, -0.05) is 33.2 Å². The van der Waals surface area contributed by atoms with E-state index in [2.05, 4.69) is 35.9 Å². The lowest BCUT2D eigenvalue weighted by Gasteiger charge is -2.34. The third-order valence-electron chi connectivity index (χ3n) is 5.26. The van der Waals surface area contributed by atoms with Crippen LogP contribution in [0.15, 0.2) is 51.5 Å². The van der Waals surface area contributed by atoms with Crippen LogP contribution in [0, 0.1) is 0 Å². The van der Waals surface area contributed by atoms with Gasteiger partial charge < -0.3 is 14.0 Å². The number of rotatable bonds is 7. The molecular formula is C22H25BrN4O3. The van der Waals surface area contributed by atoms with E-state index in [1.165, 1.54) is 0 Å². The summed E-state index contributed by atoms with van der Waals surface area (Å²) in [7, 11) is 3.39. The predicted octanol–water partition coefficient (Wildman–Crippen LogP) is 3.83. The van der Waals surface area contributed by atoms with Crippen molar-refractivity contribution in [2.75, 3.05) is 40.4 Å². The molecule has 158 valence electrons. The molecule has 0 saturated carbocycles. The fourth-order valence-electron chi connectivity index (χ4n) is 3.61. The maximum atomic E-state index is 5.51. The standard InChI is InChI=1S/C22H25BrN4O3/c1-28-19-6-7-20(29-2)17(13-19)14-26-8-10-27(11-9-26)15-21-24-22(25-30-21)16-4-3-5-18(23)12-16/h3-7,12-13H,8-11,14-15H2,1-2H3. The van der Waals surface area contributed by atoms with Crippen molar-refractivity contribution in [3.63, 3.8) is 0 Å². The summed E-state index contributed by atoms with van der Waals surface area (Å²) in [5.74, 6) is 3.01. The van der Waals surface area contributed by atoms with Gasteiger partial charge in [-0.25, -0.2) is 0 Å². The van der Waals surface area contributed by atoms with Crippen LogP contribution in [0.3, 0.4) is 0 Å². The van der Waals surface area contributed by atoms with E-state index in [4.69, 9.17) is 14.0 Å². The van der Waals surface area contributed by atoms with E-state index in [1.807, 2.05) is 42.5 Å². The number of nitrogens with zero attached hydrogens (tertiary/aromatic N) is 4. The maximum absolute atomic E-state index is 5.51. The number of aromatic nitrogens is 2. The van der Waals surface area contributed by atoms with Crippen molar-refractivity contribution in [1.29, 1.82) is 0 Å². The number of hydrogen-bond acceptors (Lipinski definition) is 7. The van der Waals surface area contributed by atoms with E-state index in [0.29, 0.717) is 18.3 Å². The molecule has 0 radical (unpaired) electrons. The molecule has 0 bridgehead atoms. The highest BCUT2D eigenvalue weighted by atomic mass is 79.9. The summed E-state index contributed by atoms with van der Waals surface area (Å²) in [5.41, 5.74) is 2.08. The average Bonchev–Trinajstić information content (AvgIpc) is 3.23. The Bertz CT molecular complexity index is 986. The first-order chi connectivity index (χ1) is 14.6. The molecule has 0 atom stereocenters. The fraction of sp³-hybridized carbons (Fsp3) is 0.364. The van der Waals surface area contributed by atoms with Gasteiger partial charge in [-0.2, -0.15) is 4.98 Å². The van der Waals surface area contributed by atoms with Crippen LogP contribution in [0.5, 0.6) is 11.5 Å². The molecule has 0 aliphatic carbocycles. The Hall–Kier alpha value is -2.42. The Morgan fingerprint density at radius 3 is 2.43 bits per heavy atom. The van der Waals surface area contributed by atoms with Crippen LogP contribution >= 0.6 is 15.9 Å². The Morgan fingerprint density at radius 1 is 0.967 bits per heavy atom. The third kappa shape index (κ3) is 5.00. The van der Waals surface area contributed by atoms with Gasteiger partial charge >= 0.3 is 0 Å². The largest absolute Gasteiger partial charge is 0.497 e. The Labute approximate surface area is 184 Å². The molecule has 1 fully saturated rings. The van der Waals surface area contributed by atoms with E-state index in [9.17, 15) is 0 Å². The van der Waals surface area contributed by atoms with Crippen LogP contribution in [0.25, 0.3) is 11.4 Å². The van der Waals surface area contributed by atoms with Crippen molar-refractivity contribution in [2.24, 2.45) is 0 Å². The summed E-state index contributed by atoms with van der Waals surface area (Å²) in [5, 5.41) is 4.13. The van der Waals surface area contributed by atoms with Crippen molar-refractivity contribution in [3.05, 3.63) is 58.4 Å². The smallest absolute Gasteiger partial charge is 0.241 e.